The van der Waals surface area contributed by atoms with Crippen LogP contribution in [-0.2, 0) is 5.41 Å². The van der Waals surface area contributed by atoms with Crippen LogP contribution < -0.4 is 10.1 Å². The number of rotatable bonds is 2. The summed E-state index contributed by atoms with van der Waals surface area (Å²) in [5.41, 5.74) is 1.66. The van der Waals surface area contributed by atoms with Crippen LogP contribution in [0.3, 0.4) is 0 Å². The van der Waals surface area contributed by atoms with E-state index in [4.69, 9.17) is 4.74 Å². The predicted octanol–water partition coefficient (Wildman–Crippen LogP) is 2.72. The lowest BCUT2D eigenvalue weighted by Gasteiger charge is -2.41. The molecule has 0 radical (unpaired) electrons. The van der Waals surface area contributed by atoms with Crippen molar-refractivity contribution in [1.82, 2.24) is 5.32 Å². The van der Waals surface area contributed by atoms with Crippen LogP contribution in [0.5, 0.6) is 5.75 Å². The van der Waals surface area contributed by atoms with E-state index >= 15 is 0 Å². The molecule has 0 aromatic heterocycles. The number of hydrogen-bond donors (Lipinski definition) is 1. The Morgan fingerprint density at radius 1 is 1.31 bits per heavy atom. The molecule has 0 aliphatic carbocycles. The zero-order chi connectivity index (χ0) is 11.6. The van der Waals surface area contributed by atoms with Crippen molar-refractivity contribution in [2.24, 2.45) is 0 Å². The Bertz CT molecular complexity index is 346. The highest BCUT2D eigenvalue weighted by Gasteiger charge is 2.34. The van der Waals surface area contributed by atoms with Crippen molar-refractivity contribution in [2.75, 3.05) is 13.7 Å². The topological polar surface area (TPSA) is 21.3 Å². The molecule has 2 atom stereocenters. The summed E-state index contributed by atoms with van der Waals surface area (Å²) in [5.74, 6) is 0.934. The molecule has 2 nitrogen and oxygen atoms in total. The van der Waals surface area contributed by atoms with Gasteiger partial charge in [0.15, 0.2) is 0 Å². The van der Waals surface area contributed by atoms with E-state index in [1.54, 1.807) is 7.11 Å². The summed E-state index contributed by atoms with van der Waals surface area (Å²) in [6.45, 7) is 5.78. The van der Waals surface area contributed by atoms with E-state index in [0.29, 0.717) is 6.04 Å². The molecular weight excluding hydrogens is 198 g/mol. The molecule has 2 rings (SSSR count). The number of piperidine rings is 1. The summed E-state index contributed by atoms with van der Waals surface area (Å²) < 4.78 is 5.20. The summed E-state index contributed by atoms with van der Waals surface area (Å²) in [7, 11) is 1.71. The van der Waals surface area contributed by atoms with Crippen molar-refractivity contribution >= 4 is 0 Å². The molecule has 1 aromatic rings. The van der Waals surface area contributed by atoms with Crippen LogP contribution in [0.1, 0.15) is 32.3 Å². The number of methoxy groups -OCH3 is 1. The van der Waals surface area contributed by atoms with Gasteiger partial charge in [0.2, 0.25) is 0 Å². The van der Waals surface area contributed by atoms with E-state index in [-0.39, 0.29) is 5.41 Å². The summed E-state index contributed by atoms with van der Waals surface area (Å²) in [4.78, 5) is 0. The van der Waals surface area contributed by atoms with Gasteiger partial charge in [0.05, 0.1) is 7.11 Å². The first-order valence-electron chi connectivity index (χ1n) is 6.05. The quantitative estimate of drug-likeness (QED) is 0.825. The molecule has 1 N–H and O–H groups in total. The van der Waals surface area contributed by atoms with E-state index in [1.807, 2.05) is 0 Å². The molecule has 1 aliphatic rings. The first-order valence-corrected chi connectivity index (χ1v) is 6.05. The third-order valence-corrected chi connectivity index (χ3v) is 4.03. The highest BCUT2D eigenvalue weighted by atomic mass is 16.5. The van der Waals surface area contributed by atoms with E-state index in [2.05, 4.69) is 43.4 Å². The van der Waals surface area contributed by atoms with Crippen LogP contribution >= 0.6 is 0 Å². The largest absolute Gasteiger partial charge is 0.497 e. The molecule has 2 unspecified atom stereocenters. The van der Waals surface area contributed by atoms with Crippen LogP contribution in [0.25, 0.3) is 0 Å². The molecule has 0 amide bonds. The molecule has 88 valence electrons. The Morgan fingerprint density at radius 3 is 2.56 bits per heavy atom. The first-order chi connectivity index (χ1) is 7.66. The minimum Gasteiger partial charge on any atom is -0.497 e. The molecule has 2 heteroatoms. The third kappa shape index (κ3) is 1.94. The van der Waals surface area contributed by atoms with Crippen molar-refractivity contribution in [3.8, 4) is 5.75 Å². The summed E-state index contributed by atoms with van der Waals surface area (Å²) in [5, 5.41) is 3.57. The molecule has 0 bridgehead atoms. The predicted molar refractivity (Wildman–Crippen MR) is 67.0 cm³/mol. The highest BCUT2D eigenvalue weighted by Crippen LogP contribution is 2.35. The molecule has 0 spiro atoms. The van der Waals surface area contributed by atoms with Gasteiger partial charge >= 0.3 is 0 Å². The monoisotopic (exact) mass is 219 g/mol. The first kappa shape index (κ1) is 11.5. The van der Waals surface area contributed by atoms with Crippen LogP contribution in [0.2, 0.25) is 0 Å². The van der Waals surface area contributed by atoms with Gasteiger partial charge in [-0.3, -0.25) is 0 Å². The molecule has 0 saturated carbocycles. The summed E-state index contributed by atoms with van der Waals surface area (Å²) >= 11 is 0. The van der Waals surface area contributed by atoms with Gasteiger partial charge < -0.3 is 10.1 Å². The second-order valence-electron chi connectivity index (χ2n) is 4.93. The summed E-state index contributed by atoms with van der Waals surface area (Å²) in [6, 6.07) is 9.05. The van der Waals surface area contributed by atoms with Crippen molar-refractivity contribution in [3.63, 3.8) is 0 Å². The van der Waals surface area contributed by atoms with Crippen LogP contribution in [-0.4, -0.2) is 19.7 Å². The van der Waals surface area contributed by atoms with E-state index in [9.17, 15) is 0 Å². The smallest absolute Gasteiger partial charge is 0.118 e. The van der Waals surface area contributed by atoms with Crippen molar-refractivity contribution in [1.29, 1.82) is 0 Å². The molecular formula is C14H21NO. The van der Waals surface area contributed by atoms with Crippen LogP contribution in [0, 0.1) is 0 Å². The van der Waals surface area contributed by atoms with E-state index < -0.39 is 0 Å². The molecule has 1 aromatic carbocycles. The SMILES string of the molecule is COc1ccc(C2(C)CCCNC2C)cc1. The highest BCUT2D eigenvalue weighted by molar-refractivity contribution is 5.33. The van der Waals surface area contributed by atoms with Gasteiger partial charge in [-0.2, -0.15) is 0 Å². The Balaban J connectivity index is 2.26. The summed E-state index contributed by atoms with van der Waals surface area (Å²) in [6.07, 6.45) is 2.51. The molecule has 1 aliphatic heterocycles. The van der Waals surface area contributed by atoms with Crippen LogP contribution in [0.15, 0.2) is 24.3 Å². The fourth-order valence-electron chi connectivity index (χ4n) is 2.58. The minimum atomic E-state index is 0.254. The minimum absolute atomic E-state index is 0.254. The Kier molecular flexibility index (Phi) is 3.20. The fraction of sp³-hybridized carbons (Fsp3) is 0.571. The lowest BCUT2D eigenvalue weighted by molar-refractivity contribution is 0.261. The average Bonchev–Trinajstić information content (AvgIpc) is 2.33. The third-order valence-electron chi connectivity index (χ3n) is 4.03. The normalized spacial score (nSPS) is 30.1. The maximum atomic E-state index is 5.20. The molecule has 1 fully saturated rings. The Labute approximate surface area is 98.0 Å². The van der Waals surface area contributed by atoms with Gasteiger partial charge in [0, 0.05) is 11.5 Å². The molecule has 1 saturated heterocycles. The Morgan fingerprint density at radius 2 is 2.00 bits per heavy atom. The molecule has 16 heavy (non-hydrogen) atoms. The van der Waals surface area contributed by atoms with Crippen molar-refractivity contribution in [3.05, 3.63) is 29.8 Å². The van der Waals surface area contributed by atoms with Gasteiger partial charge in [-0.1, -0.05) is 19.1 Å². The van der Waals surface area contributed by atoms with E-state index in [1.165, 1.54) is 18.4 Å². The number of nitrogens with one attached hydrogen (secondary N) is 1. The van der Waals surface area contributed by atoms with Gasteiger partial charge in [-0.05, 0) is 44.0 Å². The lowest BCUT2D eigenvalue weighted by atomic mass is 9.71. The fourth-order valence-corrected chi connectivity index (χ4v) is 2.58. The number of ether oxygens (including phenoxy) is 1. The number of hydrogen-bond acceptors (Lipinski definition) is 2. The van der Waals surface area contributed by atoms with Crippen molar-refractivity contribution in [2.45, 2.75) is 38.1 Å². The zero-order valence-electron chi connectivity index (χ0n) is 10.4. The second-order valence-corrected chi connectivity index (χ2v) is 4.93. The van der Waals surface area contributed by atoms with E-state index in [0.717, 1.165) is 12.3 Å². The van der Waals surface area contributed by atoms with Gasteiger partial charge in [-0.25, -0.2) is 0 Å². The maximum Gasteiger partial charge on any atom is 0.118 e. The standard InChI is InChI=1S/C14H21NO/c1-11-14(2,9-4-10-15-11)12-5-7-13(16-3)8-6-12/h5-8,11,15H,4,9-10H2,1-3H3. The van der Waals surface area contributed by atoms with Gasteiger partial charge in [-0.15, -0.1) is 0 Å². The Hall–Kier alpha value is -1.02. The maximum absolute atomic E-state index is 5.20. The van der Waals surface area contributed by atoms with Crippen LogP contribution in [0.4, 0.5) is 0 Å². The van der Waals surface area contributed by atoms with Gasteiger partial charge in [0.1, 0.15) is 5.75 Å². The zero-order valence-corrected chi connectivity index (χ0v) is 10.4. The van der Waals surface area contributed by atoms with Gasteiger partial charge in [0.25, 0.3) is 0 Å². The second kappa shape index (κ2) is 4.46. The average molecular weight is 219 g/mol. The lowest BCUT2D eigenvalue weighted by Crippen LogP contribution is -2.49. The van der Waals surface area contributed by atoms with Crippen molar-refractivity contribution < 1.29 is 4.74 Å². The number of benzene rings is 1. The molecule has 1 heterocycles.